The highest BCUT2D eigenvalue weighted by Gasteiger charge is 2.21. The summed E-state index contributed by atoms with van der Waals surface area (Å²) < 4.78 is 33.7. The number of aromatic nitrogens is 2. The van der Waals surface area contributed by atoms with Crippen LogP contribution in [-0.2, 0) is 6.42 Å². The summed E-state index contributed by atoms with van der Waals surface area (Å²) in [5.41, 5.74) is 11.8. The van der Waals surface area contributed by atoms with Crippen molar-refractivity contribution in [2.45, 2.75) is 6.42 Å². The first-order chi connectivity index (χ1) is 12.5. The standard InChI is InChI=1S/C18H16F2N4O2/c1-26-14-5-2-9(19)8-12(14)15-13(20)4-3-10-11(6-7-21)17(18(22)25)24-23-16(10)15/h2-5,8H,6-7,21H2,1H3,(H2,22,25). The summed E-state index contributed by atoms with van der Waals surface area (Å²) in [4.78, 5) is 11.6. The van der Waals surface area contributed by atoms with Crippen molar-refractivity contribution in [1.29, 1.82) is 0 Å². The molecule has 0 fully saturated rings. The van der Waals surface area contributed by atoms with Gasteiger partial charge < -0.3 is 16.2 Å². The highest BCUT2D eigenvalue weighted by atomic mass is 19.1. The highest BCUT2D eigenvalue weighted by molar-refractivity contribution is 6.02. The molecule has 0 aliphatic heterocycles. The molecule has 1 aromatic heterocycles. The average Bonchev–Trinajstić information content (AvgIpc) is 2.61. The molecule has 3 aromatic rings. The van der Waals surface area contributed by atoms with E-state index in [0.717, 1.165) is 6.07 Å². The molecule has 0 radical (unpaired) electrons. The van der Waals surface area contributed by atoms with Crippen LogP contribution >= 0.6 is 0 Å². The van der Waals surface area contributed by atoms with Crippen LogP contribution in [0.25, 0.3) is 22.0 Å². The zero-order valence-corrected chi connectivity index (χ0v) is 13.9. The van der Waals surface area contributed by atoms with Crippen molar-refractivity contribution < 1.29 is 18.3 Å². The van der Waals surface area contributed by atoms with Crippen molar-refractivity contribution >= 4 is 16.8 Å². The molecule has 0 spiro atoms. The van der Waals surface area contributed by atoms with Crippen LogP contribution in [0.1, 0.15) is 16.1 Å². The molecule has 4 N–H and O–H groups in total. The van der Waals surface area contributed by atoms with Crippen molar-refractivity contribution in [2.75, 3.05) is 13.7 Å². The highest BCUT2D eigenvalue weighted by Crippen LogP contribution is 2.37. The van der Waals surface area contributed by atoms with Gasteiger partial charge in [0, 0.05) is 16.5 Å². The number of nitrogens with two attached hydrogens (primary N) is 2. The number of amides is 1. The molecule has 1 heterocycles. The van der Waals surface area contributed by atoms with E-state index in [4.69, 9.17) is 16.2 Å². The molecular weight excluding hydrogens is 342 g/mol. The van der Waals surface area contributed by atoms with Crippen LogP contribution in [-0.4, -0.2) is 29.8 Å². The summed E-state index contributed by atoms with van der Waals surface area (Å²) in [7, 11) is 1.40. The lowest BCUT2D eigenvalue weighted by Crippen LogP contribution is -2.19. The maximum Gasteiger partial charge on any atom is 0.269 e. The van der Waals surface area contributed by atoms with Gasteiger partial charge in [-0.3, -0.25) is 4.79 Å². The number of hydrogen-bond acceptors (Lipinski definition) is 5. The molecule has 0 unspecified atom stereocenters. The summed E-state index contributed by atoms with van der Waals surface area (Å²) in [5.74, 6) is -1.65. The third kappa shape index (κ3) is 2.95. The van der Waals surface area contributed by atoms with Crippen molar-refractivity contribution in [3.63, 3.8) is 0 Å². The Kier molecular flexibility index (Phi) is 4.77. The molecule has 0 saturated heterocycles. The predicted octanol–water partition coefficient (Wildman–Crippen LogP) is 2.18. The molecule has 1 amide bonds. The molecule has 0 aliphatic rings. The summed E-state index contributed by atoms with van der Waals surface area (Å²) in [6.07, 6.45) is 0.301. The second-order valence-corrected chi connectivity index (χ2v) is 5.59. The first-order valence-corrected chi connectivity index (χ1v) is 7.79. The molecule has 3 rings (SSSR count). The van der Waals surface area contributed by atoms with Gasteiger partial charge in [-0.15, -0.1) is 10.2 Å². The number of fused-ring (bicyclic) bond motifs is 1. The van der Waals surface area contributed by atoms with Crippen molar-refractivity contribution in [1.82, 2.24) is 10.2 Å². The SMILES string of the molecule is COc1ccc(F)cc1-c1c(F)ccc2c(CCN)c(C(N)=O)nnc12. The minimum Gasteiger partial charge on any atom is -0.496 e. The van der Waals surface area contributed by atoms with Gasteiger partial charge in [0.15, 0.2) is 5.69 Å². The van der Waals surface area contributed by atoms with E-state index in [1.54, 1.807) is 0 Å². The Morgan fingerprint density at radius 2 is 1.96 bits per heavy atom. The number of primary amides is 1. The molecule has 0 atom stereocenters. The molecular formula is C18H16F2N4O2. The summed E-state index contributed by atoms with van der Waals surface area (Å²) in [5, 5.41) is 8.30. The minimum absolute atomic E-state index is 0.0216. The Balaban J connectivity index is 2.41. The number of ether oxygens (including phenoxy) is 1. The third-order valence-corrected chi connectivity index (χ3v) is 4.05. The Labute approximate surface area is 147 Å². The van der Waals surface area contributed by atoms with Crippen molar-refractivity contribution in [2.24, 2.45) is 11.5 Å². The Bertz CT molecular complexity index is 1010. The van der Waals surface area contributed by atoms with Gasteiger partial charge in [0.25, 0.3) is 5.91 Å². The van der Waals surface area contributed by atoms with Crippen LogP contribution in [0.15, 0.2) is 30.3 Å². The maximum atomic E-state index is 14.7. The van der Waals surface area contributed by atoms with E-state index >= 15 is 0 Å². The minimum atomic E-state index is -0.753. The summed E-state index contributed by atoms with van der Waals surface area (Å²) in [6, 6.07) is 6.46. The quantitative estimate of drug-likeness (QED) is 0.727. The summed E-state index contributed by atoms with van der Waals surface area (Å²) in [6.45, 7) is 0.233. The molecule has 26 heavy (non-hydrogen) atoms. The first kappa shape index (κ1) is 17.7. The van der Waals surface area contributed by atoms with Crippen LogP contribution in [0.5, 0.6) is 5.75 Å². The molecule has 2 aromatic carbocycles. The Morgan fingerprint density at radius 3 is 2.62 bits per heavy atom. The van der Waals surface area contributed by atoms with Gasteiger partial charge in [0.1, 0.15) is 22.9 Å². The van der Waals surface area contributed by atoms with Crippen LogP contribution in [0.3, 0.4) is 0 Å². The van der Waals surface area contributed by atoms with Crippen LogP contribution < -0.4 is 16.2 Å². The fourth-order valence-corrected chi connectivity index (χ4v) is 2.93. The Morgan fingerprint density at radius 1 is 1.19 bits per heavy atom. The number of halogens is 2. The van der Waals surface area contributed by atoms with E-state index in [9.17, 15) is 13.6 Å². The fraction of sp³-hybridized carbons (Fsp3) is 0.167. The number of nitrogens with zero attached hydrogens (tertiary/aromatic N) is 2. The average molecular weight is 358 g/mol. The number of methoxy groups -OCH3 is 1. The molecule has 134 valence electrons. The second kappa shape index (κ2) is 7.01. The number of carbonyl (C=O) groups excluding carboxylic acids is 1. The largest absolute Gasteiger partial charge is 0.496 e. The van der Waals surface area contributed by atoms with Gasteiger partial charge in [-0.1, -0.05) is 0 Å². The lowest BCUT2D eigenvalue weighted by molar-refractivity contribution is 0.0994. The van der Waals surface area contributed by atoms with Crippen LogP contribution in [0, 0.1) is 11.6 Å². The van der Waals surface area contributed by atoms with E-state index in [-0.39, 0.29) is 34.6 Å². The first-order valence-electron chi connectivity index (χ1n) is 7.79. The van der Waals surface area contributed by atoms with Gasteiger partial charge in [0.05, 0.1) is 7.11 Å². The number of benzene rings is 2. The van der Waals surface area contributed by atoms with Gasteiger partial charge in [0.2, 0.25) is 0 Å². The monoisotopic (exact) mass is 358 g/mol. The van der Waals surface area contributed by atoms with Gasteiger partial charge in [-0.2, -0.15) is 0 Å². The number of rotatable bonds is 5. The third-order valence-electron chi connectivity index (χ3n) is 4.05. The van der Waals surface area contributed by atoms with Gasteiger partial charge >= 0.3 is 0 Å². The zero-order valence-electron chi connectivity index (χ0n) is 13.9. The second-order valence-electron chi connectivity index (χ2n) is 5.59. The zero-order chi connectivity index (χ0) is 18.8. The molecule has 8 heteroatoms. The lowest BCUT2D eigenvalue weighted by atomic mass is 9.96. The van der Waals surface area contributed by atoms with Crippen molar-refractivity contribution in [3.05, 3.63) is 53.2 Å². The van der Waals surface area contributed by atoms with Gasteiger partial charge in [-0.05, 0) is 48.9 Å². The van der Waals surface area contributed by atoms with E-state index in [1.807, 2.05) is 0 Å². The predicted molar refractivity (Wildman–Crippen MR) is 92.7 cm³/mol. The van der Waals surface area contributed by atoms with Crippen molar-refractivity contribution in [3.8, 4) is 16.9 Å². The van der Waals surface area contributed by atoms with E-state index in [0.29, 0.717) is 17.4 Å². The molecule has 6 nitrogen and oxygen atoms in total. The van der Waals surface area contributed by atoms with E-state index < -0.39 is 17.5 Å². The fourth-order valence-electron chi connectivity index (χ4n) is 2.93. The molecule has 0 saturated carbocycles. The normalized spacial score (nSPS) is 10.9. The van der Waals surface area contributed by atoms with E-state index in [2.05, 4.69) is 10.2 Å². The molecule has 0 bridgehead atoms. The smallest absolute Gasteiger partial charge is 0.269 e. The van der Waals surface area contributed by atoms with Crippen LogP contribution in [0.4, 0.5) is 8.78 Å². The lowest BCUT2D eigenvalue weighted by Gasteiger charge is -2.14. The number of hydrogen-bond donors (Lipinski definition) is 2. The summed E-state index contributed by atoms with van der Waals surface area (Å²) >= 11 is 0. The topological polar surface area (TPSA) is 104 Å². The Hall–Kier alpha value is -3.13. The van der Waals surface area contributed by atoms with Crippen LogP contribution in [0.2, 0.25) is 0 Å². The molecule has 0 aliphatic carbocycles. The number of carbonyl (C=O) groups is 1. The van der Waals surface area contributed by atoms with E-state index in [1.165, 1.54) is 31.4 Å². The maximum absolute atomic E-state index is 14.7. The van der Waals surface area contributed by atoms with Gasteiger partial charge in [-0.25, -0.2) is 8.78 Å².